The van der Waals surface area contributed by atoms with Crippen LogP contribution in [0, 0.1) is 0 Å². The van der Waals surface area contributed by atoms with Gasteiger partial charge in [-0.15, -0.1) is 11.8 Å². The Kier molecular flexibility index (Phi) is 3.47. The number of fused-ring (bicyclic) bond motifs is 1. The van der Waals surface area contributed by atoms with Gasteiger partial charge in [-0.05, 0) is 12.1 Å². The molecule has 1 heterocycles. The number of anilines is 2. The topological polar surface area (TPSA) is 72.6 Å². The number of carbonyl (C=O) groups is 2. The lowest BCUT2D eigenvalue weighted by Gasteiger charge is -2.30. The van der Waals surface area contributed by atoms with E-state index < -0.39 is 5.97 Å². The number of thioether (sulfide) groups is 1. The van der Waals surface area contributed by atoms with Crippen molar-refractivity contribution >= 4 is 35.0 Å². The zero-order valence-corrected chi connectivity index (χ0v) is 11.0. The third kappa shape index (κ3) is 2.03. The lowest BCUT2D eigenvalue weighted by atomic mass is 10.1. The van der Waals surface area contributed by atoms with Crippen molar-refractivity contribution in [3.8, 4) is 0 Å². The Balaban J connectivity index is 2.65. The van der Waals surface area contributed by atoms with Gasteiger partial charge in [0.2, 0.25) is 5.91 Å². The molecule has 0 saturated carbocycles. The van der Waals surface area contributed by atoms with Gasteiger partial charge in [-0.2, -0.15) is 0 Å². The van der Waals surface area contributed by atoms with Crippen LogP contribution in [0.3, 0.4) is 0 Å². The molecule has 2 N–H and O–H groups in total. The summed E-state index contributed by atoms with van der Waals surface area (Å²) >= 11 is 1.60. The lowest BCUT2D eigenvalue weighted by Crippen LogP contribution is -2.35. The summed E-state index contributed by atoms with van der Waals surface area (Å²) < 4.78 is 4.75. The summed E-state index contributed by atoms with van der Waals surface area (Å²) in [5.41, 5.74) is 7.01. The Morgan fingerprint density at radius 1 is 1.44 bits per heavy atom. The molecule has 2 rings (SSSR count). The highest BCUT2D eigenvalue weighted by Crippen LogP contribution is 2.40. The van der Waals surface area contributed by atoms with Gasteiger partial charge in [-0.1, -0.05) is 0 Å². The zero-order chi connectivity index (χ0) is 13.3. The second-order valence-corrected chi connectivity index (χ2v) is 5.02. The highest BCUT2D eigenvalue weighted by atomic mass is 32.2. The van der Waals surface area contributed by atoms with Crippen LogP contribution in [0.2, 0.25) is 0 Å². The van der Waals surface area contributed by atoms with Crippen LogP contribution in [0.5, 0.6) is 0 Å². The molecule has 0 atom stereocenters. The number of esters is 1. The Morgan fingerprint density at radius 3 is 2.78 bits per heavy atom. The first-order valence-electron chi connectivity index (χ1n) is 5.48. The maximum atomic E-state index is 11.8. The molecule has 0 bridgehead atoms. The monoisotopic (exact) mass is 266 g/mol. The molecule has 0 fully saturated rings. The summed E-state index contributed by atoms with van der Waals surface area (Å²) in [4.78, 5) is 25.9. The first kappa shape index (κ1) is 12.8. The van der Waals surface area contributed by atoms with E-state index in [0.717, 1.165) is 10.6 Å². The van der Waals surface area contributed by atoms with Crippen LogP contribution in [-0.2, 0) is 9.53 Å². The minimum Gasteiger partial charge on any atom is -0.465 e. The van der Waals surface area contributed by atoms with E-state index in [1.165, 1.54) is 14.0 Å². The third-order valence-electron chi connectivity index (χ3n) is 2.79. The largest absolute Gasteiger partial charge is 0.465 e. The predicted molar refractivity (Wildman–Crippen MR) is 70.9 cm³/mol. The number of methoxy groups -OCH3 is 1. The molecule has 0 radical (unpaired) electrons. The Hall–Kier alpha value is -1.69. The highest BCUT2D eigenvalue weighted by Gasteiger charge is 2.28. The number of ether oxygens (including phenoxy) is 1. The molecule has 5 nitrogen and oxygen atoms in total. The molecule has 6 heteroatoms. The standard InChI is InChI=1S/C12H14N2O3S/c1-7(15)14-5-6-18-9-4-3-8(13)10(11(9)14)12(16)17-2/h3-4H,5-6,13H2,1-2H3. The van der Waals surface area contributed by atoms with Crippen LogP contribution >= 0.6 is 11.8 Å². The van der Waals surface area contributed by atoms with Crippen LogP contribution in [-0.4, -0.2) is 31.3 Å². The van der Waals surface area contributed by atoms with Gasteiger partial charge in [-0.3, -0.25) is 4.79 Å². The van der Waals surface area contributed by atoms with Gasteiger partial charge in [0, 0.05) is 29.8 Å². The van der Waals surface area contributed by atoms with Crippen molar-refractivity contribution in [1.82, 2.24) is 0 Å². The number of nitrogen functional groups attached to an aromatic ring is 1. The first-order chi connectivity index (χ1) is 8.56. The van der Waals surface area contributed by atoms with Crippen molar-refractivity contribution < 1.29 is 14.3 Å². The Morgan fingerprint density at radius 2 is 2.17 bits per heavy atom. The minimum atomic E-state index is -0.516. The summed E-state index contributed by atoms with van der Waals surface area (Å²) in [6, 6.07) is 3.50. The van der Waals surface area contributed by atoms with E-state index in [4.69, 9.17) is 10.5 Å². The summed E-state index contributed by atoms with van der Waals surface area (Å²) in [7, 11) is 1.30. The van der Waals surface area contributed by atoms with Crippen LogP contribution in [0.1, 0.15) is 17.3 Å². The summed E-state index contributed by atoms with van der Waals surface area (Å²) in [5, 5.41) is 0. The van der Waals surface area contributed by atoms with Crippen molar-refractivity contribution in [3.05, 3.63) is 17.7 Å². The van der Waals surface area contributed by atoms with Gasteiger partial charge in [0.05, 0.1) is 12.8 Å². The SMILES string of the molecule is COC(=O)c1c(N)ccc2c1N(C(C)=O)CCS2. The number of hydrogen-bond acceptors (Lipinski definition) is 5. The molecular weight excluding hydrogens is 252 g/mol. The normalized spacial score (nSPS) is 14.0. The van der Waals surface area contributed by atoms with Crippen LogP contribution in [0.25, 0.3) is 0 Å². The maximum Gasteiger partial charge on any atom is 0.342 e. The molecule has 0 aliphatic carbocycles. The van der Waals surface area contributed by atoms with Crippen LogP contribution in [0.15, 0.2) is 17.0 Å². The van der Waals surface area contributed by atoms with Crippen molar-refractivity contribution in [2.24, 2.45) is 0 Å². The molecule has 1 aromatic carbocycles. The van der Waals surface area contributed by atoms with Gasteiger partial charge < -0.3 is 15.4 Å². The molecule has 1 aliphatic rings. The highest BCUT2D eigenvalue weighted by molar-refractivity contribution is 7.99. The Labute approximate surface area is 109 Å². The molecule has 0 aromatic heterocycles. The van der Waals surface area contributed by atoms with E-state index in [1.54, 1.807) is 22.7 Å². The molecular formula is C12H14N2O3S. The average Bonchev–Trinajstić information content (AvgIpc) is 2.37. The van der Waals surface area contributed by atoms with E-state index >= 15 is 0 Å². The summed E-state index contributed by atoms with van der Waals surface area (Å²) in [5.74, 6) is 0.183. The number of hydrogen-bond donors (Lipinski definition) is 1. The second kappa shape index (κ2) is 4.89. The third-order valence-corrected chi connectivity index (χ3v) is 3.81. The number of nitrogens with zero attached hydrogens (tertiary/aromatic N) is 1. The van der Waals surface area contributed by atoms with Gasteiger partial charge >= 0.3 is 5.97 Å². The van der Waals surface area contributed by atoms with Crippen molar-refractivity contribution in [3.63, 3.8) is 0 Å². The van der Waals surface area contributed by atoms with Crippen LogP contribution < -0.4 is 10.6 Å². The van der Waals surface area contributed by atoms with Crippen molar-refractivity contribution in [2.75, 3.05) is 30.0 Å². The van der Waals surface area contributed by atoms with Gasteiger partial charge in [0.25, 0.3) is 0 Å². The van der Waals surface area contributed by atoms with E-state index in [2.05, 4.69) is 0 Å². The smallest absolute Gasteiger partial charge is 0.342 e. The van der Waals surface area contributed by atoms with Crippen molar-refractivity contribution in [2.45, 2.75) is 11.8 Å². The molecule has 1 aromatic rings. The van der Waals surface area contributed by atoms with E-state index in [1.807, 2.05) is 6.07 Å². The van der Waals surface area contributed by atoms with Gasteiger partial charge in [0.15, 0.2) is 0 Å². The fraction of sp³-hybridized carbons (Fsp3) is 0.333. The number of amides is 1. The number of rotatable bonds is 1. The fourth-order valence-electron chi connectivity index (χ4n) is 1.96. The Bertz CT molecular complexity index is 516. The molecule has 18 heavy (non-hydrogen) atoms. The second-order valence-electron chi connectivity index (χ2n) is 3.89. The number of nitrogens with two attached hydrogens (primary N) is 1. The molecule has 0 spiro atoms. The zero-order valence-electron chi connectivity index (χ0n) is 10.2. The lowest BCUT2D eigenvalue weighted by molar-refractivity contribution is -0.116. The average molecular weight is 266 g/mol. The summed E-state index contributed by atoms with van der Waals surface area (Å²) in [6.45, 7) is 2.05. The molecule has 1 amide bonds. The number of benzene rings is 1. The quantitative estimate of drug-likeness (QED) is 0.616. The van der Waals surface area contributed by atoms with Crippen molar-refractivity contribution in [1.29, 1.82) is 0 Å². The predicted octanol–water partition coefficient (Wildman–Crippen LogP) is 1.51. The van der Waals surface area contributed by atoms with E-state index in [-0.39, 0.29) is 11.5 Å². The van der Waals surface area contributed by atoms with Gasteiger partial charge in [-0.25, -0.2) is 4.79 Å². The molecule has 1 aliphatic heterocycles. The number of carbonyl (C=O) groups excluding carboxylic acids is 2. The minimum absolute atomic E-state index is 0.104. The van der Waals surface area contributed by atoms with E-state index in [9.17, 15) is 9.59 Å². The van der Waals surface area contributed by atoms with Gasteiger partial charge in [0.1, 0.15) is 5.56 Å². The molecule has 96 valence electrons. The summed E-state index contributed by atoms with van der Waals surface area (Å²) in [6.07, 6.45) is 0. The fourth-order valence-corrected chi connectivity index (χ4v) is 2.97. The molecule has 0 saturated heterocycles. The van der Waals surface area contributed by atoms with E-state index in [0.29, 0.717) is 17.9 Å². The first-order valence-corrected chi connectivity index (χ1v) is 6.46. The van der Waals surface area contributed by atoms with Crippen LogP contribution in [0.4, 0.5) is 11.4 Å². The maximum absolute atomic E-state index is 11.8. The molecule has 0 unspecified atom stereocenters.